The molecule has 0 saturated heterocycles. The molecule has 0 bridgehead atoms. The first-order valence-electron chi connectivity index (χ1n) is 7.39. The van der Waals surface area contributed by atoms with Gasteiger partial charge in [-0.2, -0.15) is 0 Å². The summed E-state index contributed by atoms with van der Waals surface area (Å²) in [6, 6.07) is 12.9. The minimum atomic E-state index is -0.260. The molecule has 1 fully saturated rings. The van der Waals surface area contributed by atoms with Crippen molar-refractivity contribution < 1.29 is 4.79 Å². The van der Waals surface area contributed by atoms with E-state index in [1.165, 1.54) is 0 Å². The van der Waals surface area contributed by atoms with Crippen LogP contribution in [-0.4, -0.2) is 15.9 Å². The van der Waals surface area contributed by atoms with Crippen molar-refractivity contribution in [2.45, 2.75) is 12.3 Å². The molecule has 6 heteroatoms. The molecule has 1 aromatic heterocycles. The number of anilines is 1. The van der Waals surface area contributed by atoms with E-state index in [1.807, 2.05) is 24.3 Å². The summed E-state index contributed by atoms with van der Waals surface area (Å²) in [4.78, 5) is 29.0. The minimum absolute atomic E-state index is 0.0212. The van der Waals surface area contributed by atoms with Crippen LogP contribution in [0, 0.1) is 5.92 Å². The molecule has 0 unspecified atom stereocenters. The number of aromatic amines is 2. The van der Waals surface area contributed by atoms with Gasteiger partial charge in [0.05, 0.1) is 11.0 Å². The molecule has 3 N–H and O–H groups in total. The molecule has 116 valence electrons. The van der Waals surface area contributed by atoms with Gasteiger partial charge in [-0.25, -0.2) is 4.79 Å². The Morgan fingerprint density at radius 3 is 2.74 bits per heavy atom. The van der Waals surface area contributed by atoms with Crippen LogP contribution in [0.5, 0.6) is 0 Å². The zero-order chi connectivity index (χ0) is 16.0. The Morgan fingerprint density at radius 2 is 1.91 bits per heavy atom. The molecular formula is C17H14ClN3O2. The number of rotatable bonds is 3. The molecule has 0 aliphatic heterocycles. The van der Waals surface area contributed by atoms with Crippen molar-refractivity contribution in [2.24, 2.45) is 5.92 Å². The Kier molecular flexibility index (Phi) is 3.23. The summed E-state index contributed by atoms with van der Waals surface area (Å²) >= 11 is 6.19. The van der Waals surface area contributed by atoms with Crippen LogP contribution in [0.4, 0.5) is 5.69 Å². The fourth-order valence-corrected chi connectivity index (χ4v) is 3.23. The second kappa shape index (κ2) is 5.28. The molecule has 0 radical (unpaired) electrons. The van der Waals surface area contributed by atoms with Crippen molar-refractivity contribution in [1.29, 1.82) is 0 Å². The van der Waals surface area contributed by atoms with E-state index in [9.17, 15) is 9.59 Å². The van der Waals surface area contributed by atoms with Crippen LogP contribution < -0.4 is 11.0 Å². The summed E-state index contributed by atoms with van der Waals surface area (Å²) in [6.45, 7) is 0. The van der Waals surface area contributed by atoms with Gasteiger partial charge >= 0.3 is 5.69 Å². The van der Waals surface area contributed by atoms with Crippen molar-refractivity contribution in [2.75, 3.05) is 5.32 Å². The standard InChI is InChI=1S/C17H14ClN3O2/c18-13-4-2-1-3-10(13)11-8-12(11)16(22)19-9-5-6-14-15(7-9)21-17(23)20-14/h1-7,11-12H,8H2,(H,19,22)(H2,20,21,23)/t11-,12-/m1/s1. The molecule has 0 spiro atoms. The molecule has 1 amide bonds. The summed E-state index contributed by atoms with van der Waals surface area (Å²) in [7, 11) is 0. The van der Waals surface area contributed by atoms with Crippen LogP contribution in [-0.2, 0) is 4.79 Å². The lowest BCUT2D eigenvalue weighted by molar-refractivity contribution is -0.117. The third kappa shape index (κ3) is 2.64. The second-order valence-corrected chi connectivity index (χ2v) is 6.21. The fraction of sp³-hybridized carbons (Fsp3) is 0.176. The maximum absolute atomic E-state index is 12.4. The molecule has 1 heterocycles. The van der Waals surface area contributed by atoms with Gasteiger partial charge in [0.15, 0.2) is 0 Å². The van der Waals surface area contributed by atoms with E-state index in [2.05, 4.69) is 15.3 Å². The summed E-state index contributed by atoms with van der Waals surface area (Å²) in [5.74, 6) is 0.0996. The highest BCUT2D eigenvalue weighted by molar-refractivity contribution is 6.31. The highest BCUT2D eigenvalue weighted by Gasteiger charge is 2.44. The molecular weight excluding hydrogens is 314 g/mol. The number of carbonyl (C=O) groups is 1. The quantitative estimate of drug-likeness (QED) is 0.690. The Bertz CT molecular complexity index is 960. The number of hydrogen-bond donors (Lipinski definition) is 3. The van der Waals surface area contributed by atoms with E-state index < -0.39 is 0 Å². The van der Waals surface area contributed by atoms with Gasteiger partial charge in [-0.3, -0.25) is 4.79 Å². The minimum Gasteiger partial charge on any atom is -0.326 e. The molecule has 3 aromatic rings. The number of halogens is 1. The van der Waals surface area contributed by atoms with Crippen molar-refractivity contribution >= 4 is 34.2 Å². The highest BCUT2D eigenvalue weighted by atomic mass is 35.5. The van der Waals surface area contributed by atoms with E-state index in [0.717, 1.165) is 12.0 Å². The SMILES string of the molecule is O=C(Nc1ccc2[nH]c(=O)[nH]c2c1)[C@@H]1C[C@@H]1c1ccccc1Cl. The number of nitrogens with one attached hydrogen (secondary N) is 3. The molecule has 4 rings (SSSR count). The smallest absolute Gasteiger partial charge is 0.323 e. The van der Waals surface area contributed by atoms with Crippen LogP contribution in [0.15, 0.2) is 47.3 Å². The van der Waals surface area contributed by atoms with Crippen LogP contribution in [0.3, 0.4) is 0 Å². The molecule has 2 atom stereocenters. The first-order chi connectivity index (χ1) is 11.1. The number of H-pyrrole nitrogens is 2. The molecule has 5 nitrogen and oxygen atoms in total. The molecule has 1 aliphatic carbocycles. The molecule has 23 heavy (non-hydrogen) atoms. The lowest BCUT2D eigenvalue weighted by Gasteiger charge is -2.06. The Morgan fingerprint density at radius 1 is 1.13 bits per heavy atom. The zero-order valence-electron chi connectivity index (χ0n) is 12.1. The number of hydrogen-bond acceptors (Lipinski definition) is 2. The van der Waals surface area contributed by atoms with E-state index in [-0.39, 0.29) is 23.4 Å². The summed E-state index contributed by atoms with van der Waals surface area (Å²) in [5, 5.41) is 3.61. The van der Waals surface area contributed by atoms with Crippen molar-refractivity contribution in [1.82, 2.24) is 9.97 Å². The summed E-state index contributed by atoms with van der Waals surface area (Å²) in [5.41, 5.74) is 2.83. The Balaban J connectivity index is 1.50. The van der Waals surface area contributed by atoms with Gasteiger partial charge in [-0.05, 0) is 42.2 Å². The molecule has 1 aliphatic rings. The van der Waals surface area contributed by atoms with Crippen molar-refractivity contribution in [3.05, 3.63) is 63.5 Å². The predicted octanol–water partition coefficient (Wildman–Crippen LogP) is 3.25. The maximum atomic E-state index is 12.4. The average molecular weight is 328 g/mol. The van der Waals surface area contributed by atoms with E-state index >= 15 is 0 Å². The topological polar surface area (TPSA) is 77.8 Å². The zero-order valence-corrected chi connectivity index (χ0v) is 12.9. The first-order valence-corrected chi connectivity index (χ1v) is 7.77. The van der Waals surface area contributed by atoms with Gasteiger partial charge in [0.25, 0.3) is 0 Å². The lowest BCUT2D eigenvalue weighted by atomic mass is 10.1. The predicted molar refractivity (Wildman–Crippen MR) is 89.8 cm³/mol. The van der Waals surface area contributed by atoms with E-state index in [1.54, 1.807) is 18.2 Å². The van der Waals surface area contributed by atoms with Crippen molar-refractivity contribution in [3.8, 4) is 0 Å². The number of imidazole rings is 1. The van der Waals surface area contributed by atoms with Gasteiger partial charge in [-0.1, -0.05) is 29.8 Å². The number of fused-ring (bicyclic) bond motifs is 1. The van der Waals surface area contributed by atoms with Gasteiger partial charge in [0.1, 0.15) is 0 Å². The summed E-state index contributed by atoms with van der Waals surface area (Å²) < 4.78 is 0. The average Bonchev–Trinajstić information content (AvgIpc) is 3.23. The van der Waals surface area contributed by atoms with E-state index in [4.69, 9.17) is 11.6 Å². The largest absolute Gasteiger partial charge is 0.326 e. The maximum Gasteiger partial charge on any atom is 0.323 e. The number of carbonyl (C=O) groups excluding carboxylic acids is 1. The van der Waals surface area contributed by atoms with Crippen LogP contribution >= 0.6 is 11.6 Å². The third-order valence-electron chi connectivity index (χ3n) is 4.22. The van der Waals surface area contributed by atoms with Crippen LogP contribution in [0.2, 0.25) is 5.02 Å². The first kappa shape index (κ1) is 14.1. The van der Waals surface area contributed by atoms with Crippen molar-refractivity contribution in [3.63, 3.8) is 0 Å². The number of amides is 1. The third-order valence-corrected chi connectivity index (χ3v) is 4.56. The normalized spacial score (nSPS) is 19.7. The van der Waals surface area contributed by atoms with Gasteiger partial charge < -0.3 is 15.3 Å². The Hall–Kier alpha value is -2.53. The van der Waals surface area contributed by atoms with Crippen LogP contribution in [0.25, 0.3) is 11.0 Å². The molecule has 1 saturated carbocycles. The van der Waals surface area contributed by atoms with Crippen LogP contribution in [0.1, 0.15) is 17.9 Å². The van der Waals surface area contributed by atoms with Gasteiger partial charge in [0.2, 0.25) is 5.91 Å². The monoisotopic (exact) mass is 327 g/mol. The number of benzene rings is 2. The second-order valence-electron chi connectivity index (χ2n) is 5.80. The fourth-order valence-electron chi connectivity index (χ4n) is 2.95. The highest BCUT2D eigenvalue weighted by Crippen LogP contribution is 2.50. The lowest BCUT2D eigenvalue weighted by Crippen LogP contribution is -2.14. The molecule has 2 aromatic carbocycles. The van der Waals surface area contributed by atoms with E-state index in [0.29, 0.717) is 21.7 Å². The number of aromatic nitrogens is 2. The Labute approximate surface area is 136 Å². The van der Waals surface area contributed by atoms with Gasteiger partial charge in [0, 0.05) is 16.6 Å². The summed E-state index contributed by atoms with van der Waals surface area (Å²) in [6.07, 6.45) is 0.804. The van der Waals surface area contributed by atoms with Gasteiger partial charge in [-0.15, -0.1) is 0 Å².